The maximum Gasteiger partial charge on any atom is 0.255 e. The van der Waals surface area contributed by atoms with Crippen LogP contribution in [-0.4, -0.2) is 51.3 Å². The van der Waals surface area contributed by atoms with E-state index in [0.29, 0.717) is 17.1 Å². The molecule has 1 aromatic heterocycles. The number of aromatic nitrogens is 2. The van der Waals surface area contributed by atoms with E-state index in [1.54, 1.807) is 4.68 Å². The molecule has 1 saturated heterocycles. The van der Waals surface area contributed by atoms with Gasteiger partial charge in [0.2, 0.25) is 0 Å². The fraction of sp³-hybridized carbons (Fsp3) is 0.643. The van der Waals surface area contributed by atoms with Gasteiger partial charge >= 0.3 is 0 Å². The van der Waals surface area contributed by atoms with Crippen LogP contribution in [0.1, 0.15) is 34.6 Å². The molecule has 0 radical (unpaired) electrons. The average Bonchev–Trinajstić information content (AvgIpc) is 2.65. The molecular weight excluding hydrogens is 286 g/mol. The predicted octanol–water partition coefficient (Wildman–Crippen LogP) is 0.517. The molecular formula is C14H23N5OS. The fourth-order valence-corrected chi connectivity index (χ4v) is 3.00. The molecule has 7 heteroatoms. The molecule has 0 aromatic carbocycles. The Morgan fingerprint density at radius 2 is 2.05 bits per heavy atom. The van der Waals surface area contributed by atoms with Crippen LogP contribution in [0.3, 0.4) is 0 Å². The Morgan fingerprint density at radius 3 is 2.52 bits per heavy atom. The van der Waals surface area contributed by atoms with Crippen LogP contribution in [0.25, 0.3) is 0 Å². The number of carbonyl (C=O) groups excluding carboxylic acids is 1. The number of amides is 1. The van der Waals surface area contributed by atoms with Crippen molar-refractivity contribution in [2.45, 2.75) is 32.7 Å². The molecule has 2 heterocycles. The van der Waals surface area contributed by atoms with Crippen LogP contribution in [-0.2, 0) is 7.05 Å². The number of nitrogens with one attached hydrogen (secondary N) is 1. The zero-order valence-electron chi connectivity index (χ0n) is 12.8. The molecule has 0 bridgehead atoms. The number of hydrogen-bond acceptors (Lipinski definition) is 4. The summed E-state index contributed by atoms with van der Waals surface area (Å²) < 4.78 is 1.75. The SMILES string of the molecule is Cc1nn(C)c(C)c1C(=O)NC1CCN(CC(N)=S)CC1. The zero-order chi connectivity index (χ0) is 15.6. The highest BCUT2D eigenvalue weighted by molar-refractivity contribution is 7.80. The highest BCUT2D eigenvalue weighted by Gasteiger charge is 2.24. The van der Waals surface area contributed by atoms with E-state index in [2.05, 4.69) is 15.3 Å². The lowest BCUT2D eigenvalue weighted by atomic mass is 10.0. The molecule has 1 aromatic rings. The molecule has 1 aliphatic rings. The third-order valence-corrected chi connectivity index (χ3v) is 4.17. The van der Waals surface area contributed by atoms with Gasteiger partial charge in [-0.3, -0.25) is 14.4 Å². The van der Waals surface area contributed by atoms with Gasteiger partial charge in [-0.05, 0) is 26.7 Å². The Hall–Kier alpha value is -1.47. The second kappa shape index (κ2) is 6.53. The van der Waals surface area contributed by atoms with Gasteiger partial charge in [0.05, 0.1) is 16.2 Å². The minimum absolute atomic E-state index is 0.0223. The first-order chi connectivity index (χ1) is 9.88. The minimum atomic E-state index is -0.0223. The first kappa shape index (κ1) is 15.9. The molecule has 2 rings (SSSR count). The number of thiocarbonyl (C=S) groups is 1. The molecule has 1 fully saturated rings. The maximum absolute atomic E-state index is 12.4. The Labute approximate surface area is 130 Å². The van der Waals surface area contributed by atoms with Gasteiger partial charge in [0.1, 0.15) is 0 Å². The monoisotopic (exact) mass is 309 g/mol. The lowest BCUT2D eigenvalue weighted by molar-refractivity contribution is 0.0913. The Balaban J connectivity index is 1.91. The van der Waals surface area contributed by atoms with Crippen molar-refractivity contribution in [3.63, 3.8) is 0 Å². The number of nitrogens with zero attached hydrogens (tertiary/aromatic N) is 3. The fourth-order valence-electron chi connectivity index (χ4n) is 2.82. The van der Waals surface area contributed by atoms with E-state index in [1.807, 2.05) is 20.9 Å². The summed E-state index contributed by atoms with van der Waals surface area (Å²) in [6.45, 7) is 6.27. The zero-order valence-corrected chi connectivity index (χ0v) is 13.7. The van der Waals surface area contributed by atoms with E-state index >= 15 is 0 Å². The van der Waals surface area contributed by atoms with Crippen molar-refractivity contribution in [2.24, 2.45) is 12.8 Å². The van der Waals surface area contributed by atoms with Gasteiger partial charge in [-0.2, -0.15) is 5.10 Å². The predicted molar refractivity (Wildman–Crippen MR) is 86.4 cm³/mol. The first-order valence-electron chi connectivity index (χ1n) is 7.20. The van der Waals surface area contributed by atoms with Crippen molar-refractivity contribution >= 4 is 23.1 Å². The van der Waals surface area contributed by atoms with Crippen LogP contribution in [0, 0.1) is 13.8 Å². The van der Waals surface area contributed by atoms with Crippen LogP contribution in [0.2, 0.25) is 0 Å². The molecule has 1 amide bonds. The van der Waals surface area contributed by atoms with Crippen LogP contribution in [0.4, 0.5) is 0 Å². The molecule has 3 N–H and O–H groups in total. The van der Waals surface area contributed by atoms with Crippen LogP contribution >= 0.6 is 12.2 Å². The normalized spacial score (nSPS) is 16.9. The molecule has 0 atom stereocenters. The highest BCUT2D eigenvalue weighted by atomic mass is 32.1. The van der Waals surface area contributed by atoms with E-state index in [4.69, 9.17) is 18.0 Å². The molecule has 0 spiro atoms. The van der Waals surface area contributed by atoms with Gasteiger partial charge < -0.3 is 11.1 Å². The van der Waals surface area contributed by atoms with Crippen molar-refractivity contribution in [1.29, 1.82) is 0 Å². The minimum Gasteiger partial charge on any atom is -0.392 e. The highest BCUT2D eigenvalue weighted by Crippen LogP contribution is 2.14. The molecule has 0 saturated carbocycles. The number of rotatable bonds is 4. The van der Waals surface area contributed by atoms with Crippen LogP contribution in [0.5, 0.6) is 0 Å². The molecule has 116 valence electrons. The van der Waals surface area contributed by atoms with Gasteiger partial charge in [-0.25, -0.2) is 0 Å². The molecule has 6 nitrogen and oxygen atoms in total. The summed E-state index contributed by atoms with van der Waals surface area (Å²) >= 11 is 4.93. The topological polar surface area (TPSA) is 76.2 Å². The van der Waals surface area contributed by atoms with E-state index in [-0.39, 0.29) is 11.9 Å². The van der Waals surface area contributed by atoms with Gasteiger partial charge in [-0.15, -0.1) is 0 Å². The third-order valence-electron chi connectivity index (χ3n) is 4.04. The van der Waals surface area contributed by atoms with Crippen molar-refractivity contribution in [1.82, 2.24) is 20.0 Å². The molecule has 0 unspecified atom stereocenters. The van der Waals surface area contributed by atoms with Gasteiger partial charge in [0.15, 0.2) is 0 Å². The second-order valence-corrected chi connectivity index (χ2v) is 6.18. The van der Waals surface area contributed by atoms with Crippen molar-refractivity contribution in [3.05, 3.63) is 17.0 Å². The number of hydrogen-bond donors (Lipinski definition) is 2. The summed E-state index contributed by atoms with van der Waals surface area (Å²) in [7, 11) is 1.85. The Kier molecular flexibility index (Phi) is 4.95. The standard InChI is InChI=1S/C14H23N5OS/c1-9-13(10(2)18(3)17-9)14(20)16-11-4-6-19(7-5-11)8-12(15)21/h11H,4-8H2,1-3H3,(H2,15,21)(H,16,20). The van der Waals surface area contributed by atoms with Crippen molar-refractivity contribution in [3.8, 4) is 0 Å². The van der Waals surface area contributed by atoms with Gasteiger partial charge in [0, 0.05) is 38.4 Å². The Morgan fingerprint density at radius 1 is 1.43 bits per heavy atom. The summed E-state index contributed by atoms with van der Waals surface area (Å²) in [5, 5.41) is 7.41. The Bertz CT molecular complexity index is 546. The van der Waals surface area contributed by atoms with Crippen molar-refractivity contribution < 1.29 is 4.79 Å². The summed E-state index contributed by atoms with van der Waals surface area (Å²) in [4.78, 5) is 15.2. The molecule has 21 heavy (non-hydrogen) atoms. The maximum atomic E-state index is 12.4. The summed E-state index contributed by atoms with van der Waals surface area (Å²) in [5.74, 6) is -0.0223. The number of nitrogens with two attached hydrogens (primary N) is 1. The first-order valence-corrected chi connectivity index (χ1v) is 7.61. The van der Waals surface area contributed by atoms with E-state index in [0.717, 1.165) is 37.3 Å². The summed E-state index contributed by atoms with van der Waals surface area (Å²) in [6, 6.07) is 0.208. The van der Waals surface area contributed by atoms with Gasteiger partial charge in [0.25, 0.3) is 5.91 Å². The average molecular weight is 309 g/mol. The third kappa shape index (κ3) is 3.79. The van der Waals surface area contributed by atoms with E-state index < -0.39 is 0 Å². The lowest BCUT2D eigenvalue weighted by Crippen LogP contribution is -2.46. The van der Waals surface area contributed by atoms with Gasteiger partial charge in [-0.1, -0.05) is 12.2 Å². The molecule has 1 aliphatic heterocycles. The van der Waals surface area contributed by atoms with E-state index in [1.165, 1.54) is 0 Å². The number of aryl methyl sites for hydroxylation is 2. The number of likely N-dealkylation sites (tertiary alicyclic amines) is 1. The number of piperidine rings is 1. The summed E-state index contributed by atoms with van der Waals surface area (Å²) in [6.07, 6.45) is 1.85. The molecule has 0 aliphatic carbocycles. The quantitative estimate of drug-likeness (QED) is 0.793. The smallest absolute Gasteiger partial charge is 0.255 e. The van der Waals surface area contributed by atoms with Crippen molar-refractivity contribution in [2.75, 3.05) is 19.6 Å². The van der Waals surface area contributed by atoms with Crippen LogP contribution < -0.4 is 11.1 Å². The second-order valence-electron chi connectivity index (χ2n) is 5.66. The number of carbonyl (C=O) groups is 1. The van der Waals surface area contributed by atoms with Crippen LogP contribution in [0.15, 0.2) is 0 Å². The largest absolute Gasteiger partial charge is 0.392 e. The van der Waals surface area contributed by atoms with E-state index in [9.17, 15) is 4.79 Å². The summed E-state index contributed by atoms with van der Waals surface area (Å²) in [5.41, 5.74) is 7.93. The lowest BCUT2D eigenvalue weighted by Gasteiger charge is -2.31.